The summed E-state index contributed by atoms with van der Waals surface area (Å²) in [5, 5.41) is 11.5. The molecule has 3 aliphatic heterocycles. The van der Waals surface area contributed by atoms with Crippen molar-refractivity contribution in [3.05, 3.63) is 42.2 Å². The van der Waals surface area contributed by atoms with E-state index in [0.29, 0.717) is 0 Å². The Hall–Kier alpha value is -1.91. The maximum Gasteiger partial charge on any atom is 0.0912 e. The Morgan fingerprint density at radius 1 is 1.32 bits per heavy atom. The van der Waals surface area contributed by atoms with E-state index in [1.807, 2.05) is 19.9 Å². The largest absolute Gasteiger partial charge is 0.388 e. The quantitative estimate of drug-likeness (QED) is 0.787. The number of pyridine rings is 1. The smallest absolute Gasteiger partial charge is 0.0912 e. The minimum atomic E-state index is -0.806. The number of aryl methyl sites for hydroxylation is 1. The second-order valence-electron chi connectivity index (χ2n) is 8.19. The molecule has 0 saturated carbocycles. The molecule has 0 amide bonds. The third-order valence-corrected chi connectivity index (χ3v) is 5.54. The predicted octanol–water partition coefficient (Wildman–Crippen LogP) is 3.93. The molecule has 25 heavy (non-hydrogen) atoms. The fourth-order valence-corrected chi connectivity index (χ4v) is 4.03. The SMILES string of the molecule is Cn1ccc2c3ccccc3nc-2c1C[C@@]1(C)CC[C@@H](C(C)(C)O)O1. The van der Waals surface area contributed by atoms with Gasteiger partial charge in [0.15, 0.2) is 0 Å². The van der Waals surface area contributed by atoms with Crippen LogP contribution in [0.1, 0.15) is 39.3 Å². The van der Waals surface area contributed by atoms with Crippen molar-refractivity contribution < 1.29 is 9.84 Å². The summed E-state index contributed by atoms with van der Waals surface area (Å²) in [5.74, 6) is 0. The molecule has 1 aromatic carbocycles. The number of para-hydroxylation sites is 1. The Kier molecular flexibility index (Phi) is 3.67. The second-order valence-corrected chi connectivity index (χ2v) is 8.19. The van der Waals surface area contributed by atoms with E-state index in [9.17, 15) is 5.11 Å². The van der Waals surface area contributed by atoms with Crippen LogP contribution in [0, 0.1) is 0 Å². The zero-order chi connectivity index (χ0) is 17.8. The van der Waals surface area contributed by atoms with Crippen LogP contribution >= 0.6 is 0 Å². The van der Waals surface area contributed by atoms with Gasteiger partial charge in [-0.25, -0.2) is 4.98 Å². The van der Waals surface area contributed by atoms with E-state index in [0.717, 1.165) is 30.5 Å². The Morgan fingerprint density at radius 2 is 2.08 bits per heavy atom. The molecule has 0 spiro atoms. The summed E-state index contributed by atoms with van der Waals surface area (Å²) < 4.78 is 8.46. The maximum atomic E-state index is 10.3. The van der Waals surface area contributed by atoms with Crippen molar-refractivity contribution in [3.63, 3.8) is 0 Å². The maximum absolute atomic E-state index is 10.3. The molecule has 1 N–H and O–H groups in total. The minimum Gasteiger partial charge on any atom is -0.388 e. The normalized spacial score (nSPS) is 24.4. The molecule has 0 radical (unpaired) electrons. The summed E-state index contributed by atoms with van der Waals surface area (Å²) in [6.07, 6.45) is 4.61. The molecule has 4 heteroatoms. The van der Waals surface area contributed by atoms with Gasteiger partial charge in [0.1, 0.15) is 0 Å². The fourth-order valence-electron chi connectivity index (χ4n) is 4.03. The lowest BCUT2D eigenvalue weighted by atomic mass is 9.92. The van der Waals surface area contributed by atoms with Crippen molar-refractivity contribution in [2.24, 2.45) is 7.05 Å². The first kappa shape index (κ1) is 16.6. The Bertz CT molecular complexity index is 893. The molecule has 1 aromatic rings. The van der Waals surface area contributed by atoms with E-state index >= 15 is 0 Å². The van der Waals surface area contributed by atoms with Gasteiger partial charge in [-0.2, -0.15) is 0 Å². The molecule has 4 nitrogen and oxygen atoms in total. The van der Waals surface area contributed by atoms with Gasteiger partial charge in [0.05, 0.1) is 28.5 Å². The average molecular weight is 338 g/mol. The van der Waals surface area contributed by atoms with E-state index in [-0.39, 0.29) is 11.7 Å². The van der Waals surface area contributed by atoms with E-state index < -0.39 is 5.60 Å². The molecule has 1 fully saturated rings. The number of ether oxygens (including phenoxy) is 1. The van der Waals surface area contributed by atoms with Crippen molar-refractivity contribution in [2.75, 3.05) is 0 Å². The number of hydrogen-bond acceptors (Lipinski definition) is 3. The first-order valence-electron chi connectivity index (χ1n) is 9.00. The predicted molar refractivity (Wildman–Crippen MR) is 99.8 cm³/mol. The Balaban J connectivity index is 1.72. The molecule has 0 bridgehead atoms. The van der Waals surface area contributed by atoms with Crippen molar-refractivity contribution in [3.8, 4) is 11.3 Å². The molecular formula is C21H26N2O2. The average Bonchev–Trinajstić information content (AvgIpc) is 3.11. The lowest BCUT2D eigenvalue weighted by Crippen LogP contribution is -2.39. The van der Waals surface area contributed by atoms with Crippen LogP contribution < -0.4 is 0 Å². The van der Waals surface area contributed by atoms with Crippen LogP contribution in [0.5, 0.6) is 0 Å². The first-order chi connectivity index (χ1) is 11.8. The number of benzene rings is 1. The number of hydrogen-bond donors (Lipinski definition) is 1. The van der Waals surface area contributed by atoms with Crippen LogP contribution in [0.2, 0.25) is 0 Å². The standard InChI is InChI=1S/C21H26N2O2/c1-20(2,24)18-9-11-21(3,25-18)13-17-19-15(10-12-23(17)4)14-7-5-6-8-16(14)22-19/h5-8,10,12,18,24H,9,11,13H2,1-4H3/t18-,21+/m0/s1. The second kappa shape index (κ2) is 5.55. The molecule has 0 aliphatic carbocycles. The number of aliphatic hydroxyl groups is 1. The van der Waals surface area contributed by atoms with Gasteiger partial charge in [-0.1, -0.05) is 18.2 Å². The molecular weight excluding hydrogens is 312 g/mol. The lowest BCUT2D eigenvalue weighted by molar-refractivity contribution is -0.115. The van der Waals surface area contributed by atoms with Crippen LogP contribution in [-0.4, -0.2) is 32.0 Å². The van der Waals surface area contributed by atoms with Gasteiger partial charge in [-0.3, -0.25) is 0 Å². The highest BCUT2D eigenvalue weighted by Crippen LogP contribution is 2.40. The molecule has 132 valence electrons. The summed E-state index contributed by atoms with van der Waals surface area (Å²) in [6.45, 7) is 5.81. The van der Waals surface area contributed by atoms with Crippen molar-refractivity contribution in [1.82, 2.24) is 9.55 Å². The van der Waals surface area contributed by atoms with Crippen molar-refractivity contribution in [1.29, 1.82) is 0 Å². The van der Waals surface area contributed by atoms with Gasteiger partial charge in [-0.15, -0.1) is 0 Å². The zero-order valence-electron chi connectivity index (χ0n) is 15.4. The fraction of sp³-hybridized carbons (Fsp3) is 0.476. The molecule has 2 atom stereocenters. The molecule has 1 saturated heterocycles. The summed E-state index contributed by atoms with van der Waals surface area (Å²) in [4.78, 5) is 4.89. The van der Waals surface area contributed by atoms with E-state index in [2.05, 4.69) is 49.0 Å². The van der Waals surface area contributed by atoms with E-state index in [4.69, 9.17) is 9.72 Å². The summed E-state index contributed by atoms with van der Waals surface area (Å²) in [5.41, 5.74) is 3.40. The van der Waals surface area contributed by atoms with Crippen LogP contribution in [0.15, 0.2) is 36.5 Å². The van der Waals surface area contributed by atoms with Crippen LogP contribution in [0.4, 0.5) is 0 Å². The lowest BCUT2D eigenvalue weighted by Gasteiger charge is -2.31. The molecule has 4 rings (SSSR count). The van der Waals surface area contributed by atoms with E-state index in [1.54, 1.807) is 0 Å². The van der Waals surface area contributed by atoms with Crippen molar-refractivity contribution in [2.45, 2.75) is 57.3 Å². The summed E-state index contributed by atoms with van der Waals surface area (Å²) in [6, 6.07) is 10.4. The highest BCUT2D eigenvalue weighted by molar-refractivity contribution is 5.97. The van der Waals surface area contributed by atoms with Gasteiger partial charge < -0.3 is 14.4 Å². The minimum absolute atomic E-state index is 0.117. The molecule has 3 heterocycles. The number of fused-ring (bicyclic) bond motifs is 3. The van der Waals surface area contributed by atoms with Crippen LogP contribution in [0.25, 0.3) is 22.2 Å². The van der Waals surface area contributed by atoms with Crippen molar-refractivity contribution >= 4 is 10.9 Å². The topological polar surface area (TPSA) is 47.3 Å². The molecule has 0 unspecified atom stereocenters. The highest BCUT2D eigenvalue weighted by atomic mass is 16.5. The summed E-state index contributed by atoms with van der Waals surface area (Å²) in [7, 11) is 2.07. The zero-order valence-corrected chi connectivity index (χ0v) is 15.4. The Morgan fingerprint density at radius 3 is 2.80 bits per heavy atom. The van der Waals surface area contributed by atoms with Gasteiger partial charge in [0.25, 0.3) is 0 Å². The Labute approximate surface area is 148 Å². The molecule has 0 aromatic heterocycles. The number of nitrogens with zero attached hydrogens (tertiary/aromatic N) is 2. The third kappa shape index (κ3) is 2.83. The van der Waals surface area contributed by atoms with Gasteiger partial charge in [0.2, 0.25) is 0 Å². The van der Waals surface area contributed by atoms with Gasteiger partial charge >= 0.3 is 0 Å². The first-order valence-corrected chi connectivity index (χ1v) is 9.00. The highest BCUT2D eigenvalue weighted by Gasteiger charge is 2.43. The number of rotatable bonds is 3. The third-order valence-electron chi connectivity index (χ3n) is 5.54. The molecule has 3 aliphatic rings. The van der Waals surface area contributed by atoms with Gasteiger partial charge in [-0.05, 0) is 45.7 Å². The monoisotopic (exact) mass is 338 g/mol. The number of aromatic nitrogens is 2. The summed E-state index contributed by atoms with van der Waals surface area (Å²) >= 11 is 0. The van der Waals surface area contributed by atoms with Gasteiger partial charge in [0, 0.05) is 36.3 Å². The van der Waals surface area contributed by atoms with Crippen LogP contribution in [0.3, 0.4) is 0 Å². The van der Waals surface area contributed by atoms with E-state index in [1.165, 1.54) is 16.6 Å². The van der Waals surface area contributed by atoms with Crippen LogP contribution in [-0.2, 0) is 18.2 Å².